The van der Waals surface area contributed by atoms with E-state index in [1.807, 2.05) is 4.90 Å². The summed E-state index contributed by atoms with van der Waals surface area (Å²) in [4.78, 5) is 24.4. The minimum absolute atomic E-state index is 0.127. The predicted molar refractivity (Wildman–Crippen MR) is 87.4 cm³/mol. The highest BCUT2D eigenvalue weighted by Crippen LogP contribution is 2.10. The molecule has 9 heteroatoms. The van der Waals surface area contributed by atoms with E-state index in [2.05, 4.69) is 16.5 Å². The summed E-state index contributed by atoms with van der Waals surface area (Å²) >= 11 is 0. The van der Waals surface area contributed by atoms with Crippen LogP contribution in [0.3, 0.4) is 0 Å². The van der Waals surface area contributed by atoms with Gasteiger partial charge in [-0.3, -0.25) is 4.79 Å². The van der Waals surface area contributed by atoms with Crippen molar-refractivity contribution in [3.63, 3.8) is 0 Å². The molecule has 0 N–H and O–H groups in total. The highest BCUT2D eigenvalue weighted by atomic mass is 32.2. The Morgan fingerprint density at radius 2 is 1.91 bits per heavy atom. The third-order valence-corrected chi connectivity index (χ3v) is 4.80. The fourth-order valence-electron chi connectivity index (χ4n) is 2.32. The SMILES string of the molecule is C=CCN(CC(=O)N1CCN(c2ncccn2)CC1)S(C)(=O)=O. The van der Waals surface area contributed by atoms with Crippen LogP contribution in [0.4, 0.5) is 5.95 Å². The fourth-order valence-corrected chi connectivity index (χ4v) is 3.04. The van der Waals surface area contributed by atoms with Crippen LogP contribution in [0.5, 0.6) is 0 Å². The van der Waals surface area contributed by atoms with Gasteiger partial charge in [-0.15, -0.1) is 6.58 Å². The summed E-state index contributed by atoms with van der Waals surface area (Å²) in [6.07, 6.45) is 5.92. The van der Waals surface area contributed by atoms with E-state index in [1.54, 1.807) is 23.4 Å². The molecular formula is C14H21N5O3S. The van der Waals surface area contributed by atoms with Crippen molar-refractivity contribution in [1.82, 2.24) is 19.2 Å². The minimum Gasteiger partial charge on any atom is -0.338 e. The van der Waals surface area contributed by atoms with Crippen molar-refractivity contribution in [2.45, 2.75) is 0 Å². The maximum atomic E-state index is 12.3. The van der Waals surface area contributed by atoms with Crippen LogP contribution in [-0.2, 0) is 14.8 Å². The molecule has 0 spiro atoms. The van der Waals surface area contributed by atoms with Gasteiger partial charge in [0.2, 0.25) is 21.9 Å². The van der Waals surface area contributed by atoms with Gasteiger partial charge in [0, 0.05) is 45.1 Å². The van der Waals surface area contributed by atoms with E-state index < -0.39 is 10.0 Å². The zero-order valence-electron chi connectivity index (χ0n) is 13.1. The first-order valence-electron chi connectivity index (χ1n) is 7.27. The maximum Gasteiger partial charge on any atom is 0.238 e. The van der Waals surface area contributed by atoms with Crippen molar-refractivity contribution in [3.05, 3.63) is 31.1 Å². The average Bonchev–Trinajstić information content (AvgIpc) is 2.54. The summed E-state index contributed by atoms with van der Waals surface area (Å²) in [7, 11) is -3.43. The van der Waals surface area contributed by atoms with E-state index in [0.717, 1.165) is 10.6 Å². The van der Waals surface area contributed by atoms with Gasteiger partial charge in [-0.25, -0.2) is 18.4 Å². The third-order valence-electron chi connectivity index (χ3n) is 3.58. The molecule has 1 aromatic heterocycles. The summed E-state index contributed by atoms with van der Waals surface area (Å²) < 4.78 is 24.4. The predicted octanol–water partition coefficient (Wildman–Crippen LogP) is -0.427. The van der Waals surface area contributed by atoms with Gasteiger partial charge in [0.15, 0.2) is 0 Å². The standard InChI is InChI=1S/C14H21N5O3S/c1-3-7-19(23(2,21)22)12-13(20)17-8-10-18(11-9-17)14-15-5-4-6-16-14/h3-6H,1,7-12H2,2H3. The van der Waals surface area contributed by atoms with Crippen LogP contribution in [0, 0.1) is 0 Å². The first kappa shape index (κ1) is 17.4. The van der Waals surface area contributed by atoms with Gasteiger partial charge in [0.25, 0.3) is 0 Å². The van der Waals surface area contributed by atoms with E-state index in [9.17, 15) is 13.2 Å². The van der Waals surface area contributed by atoms with Crippen LogP contribution in [0.15, 0.2) is 31.1 Å². The molecule has 8 nitrogen and oxygen atoms in total. The van der Waals surface area contributed by atoms with E-state index in [1.165, 1.54) is 6.08 Å². The Labute approximate surface area is 136 Å². The minimum atomic E-state index is -3.43. The van der Waals surface area contributed by atoms with Gasteiger partial charge >= 0.3 is 0 Å². The Morgan fingerprint density at radius 3 is 2.43 bits per heavy atom. The van der Waals surface area contributed by atoms with E-state index >= 15 is 0 Å². The number of nitrogens with zero attached hydrogens (tertiary/aromatic N) is 5. The second kappa shape index (κ2) is 7.51. The Hall–Kier alpha value is -2.00. The molecule has 23 heavy (non-hydrogen) atoms. The molecule has 1 aliphatic heterocycles. The zero-order chi connectivity index (χ0) is 16.9. The molecule has 0 atom stereocenters. The molecule has 2 heterocycles. The molecule has 126 valence electrons. The lowest BCUT2D eigenvalue weighted by atomic mass is 10.3. The van der Waals surface area contributed by atoms with Crippen molar-refractivity contribution < 1.29 is 13.2 Å². The number of hydrogen-bond acceptors (Lipinski definition) is 6. The fraction of sp³-hybridized carbons (Fsp3) is 0.500. The summed E-state index contributed by atoms with van der Waals surface area (Å²) in [6, 6.07) is 1.75. The zero-order valence-corrected chi connectivity index (χ0v) is 13.9. The number of aromatic nitrogens is 2. The van der Waals surface area contributed by atoms with Crippen molar-refractivity contribution >= 4 is 21.9 Å². The molecule has 0 radical (unpaired) electrons. The largest absolute Gasteiger partial charge is 0.338 e. The second-order valence-electron chi connectivity index (χ2n) is 5.26. The van der Waals surface area contributed by atoms with E-state index in [0.29, 0.717) is 32.1 Å². The second-order valence-corrected chi connectivity index (χ2v) is 7.24. The van der Waals surface area contributed by atoms with Crippen molar-refractivity contribution in [3.8, 4) is 0 Å². The van der Waals surface area contributed by atoms with Crippen LogP contribution >= 0.6 is 0 Å². The number of rotatable bonds is 6. The number of hydrogen-bond donors (Lipinski definition) is 0. The number of carbonyl (C=O) groups is 1. The van der Waals surface area contributed by atoms with Gasteiger partial charge in [0.05, 0.1) is 12.8 Å². The van der Waals surface area contributed by atoms with Crippen LogP contribution in [0.25, 0.3) is 0 Å². The summed E-state index contributed by atoms with van der Waals surface area (Å²) in [5.41, 5.74) is 0. The molecule has 0 bridgehead atoms. The number of amides is 1. The van der Waals surface area contributed by atoms with Crippen molar-refractivity contribution in [1.29, 1.82) is 0 Å². The van der Waals surface area contributed by atoms with Gasteiger partial charge in [-0.1, -0.05) is 6.08 Å². The quantitative estimate of drug-likeness (QED) is 0.654. The topological polar surface area (TPSA) is 86.7 Å². The highest BCUT2D eigenvalue weighted by Gasteiger charge is 2.26. The Morgan fingerprint density at radius 1 is 1.30 bits per heavy atom. The smallest absolute Gasteiger partial charge is 0.238 e. The number of piperazine rings is 1. The molecule has 1 aromatic rings. The first-order chi connectivity index (χ1) is 10.9. The molecule has 1 saturated heterocycles. The molecule has 0 saturated carbocycles. The number of carbonyl (C=O) groups excluding carboxylic acids is 1. The van der Waals surface area contributed by atoms with E-state index in [4.69, 9.17) is 0 Å². The van der Waals surface area contributed by atoms with Crippen LogP contribution < -0.4 is 4.90 Å². The molecular weight excluding hydrogens is 318 g/mol. The van der Waals surface area contributed by atoms with Crippen molar-refractivity contribution in [2.75, 3.05) is 50.4 Å². The molecule has 1 fully saturated rings. The molecule has 1 amide bonds. The summed E-state index contributed by atoms with van der Waals surface area (Å²) in [5, 5.41) is 0. The Kier molecular flexibility index (Phi) is 5.67. The average molecular weight is 339 g/mol. The molecule has 0 unspecified atom stereocenters. The van der Waals surface area contributed by atoms with E-state index in [-0.39, 0.29) is 19.0 Å². The van der Waals surface area contributed by atoms with Crippen LogP contribution in [0.2, 0.25) is 0 Å². The Bertz CT molecular complexity index is 642. The molecule has 0 aromatic carbocycles. The number of sulfonamides is 1. The lowest BCUT2D eigenvalue weighted by Crippen LogP contribution is -2.52. The van der Waals surface area contributed by atoms with Crippen LogP contribution in [0.1, 0.15) is 0 Å². The molecule has 1 aliphatic rings. The lowest BCUT2D eigenvalue weighted by molar-refractivity contribution is -0.131. The number of anilines is 1. The lowest BCUT2D eigenvalue weighted by Gasteiger charge is -2.35. The van der Waals surface area contributed by atoms with Crippen LogP contribution in [-0.4, -0.2) is 79.0 Å². The van der Waals surface area contributed by atoms with Gasteiger partial charge in [-0.2, -0.15) is 4.31 Å². The van der Waals surface area contributed by atoms with Gasteiger partial charge in [-0.05, 0) is 6.07 Å². The normalized spacial score (nSPS) is 15.7. The maximum absolute atomic E-state index is 12.3. The molecule has 2 rings (SSSR count). The first-order valence-corrected chi connectivity index (χ1v) is 9.12. The monoisotopic (exact) mass is 339 g/mol. The van der Waals surface area contributed by atoms with Gasteiger partial charge < -0.3 is 9.80 Å². The van der Waals surface area contributed by atoms with Gasteiger partial charge in [0.1, 0.15) is 0 Å². The molecule has 0 aliphatic carbocycles. The summed E-state index contributed by atoms with van der Waals surface area (Å²) in [6.45, 7) is 5.77. The van der Waals surface area contributed by atoms with Crippen molar-refractivity contribution in [2.24, 2.45) is 0 Å². The Balaban J connectivity index is 1.91. The summed E-state index contributed by atoms with van der Waals surface area (Å²) in [5.74, 6) is 0.440. The highest BCUT2D eigenvalue weighted by molar-refractivity contribution is 7.88. The third kappa shape index (κ3) is 4.73.